The summed E-state index contributed by atoms with van der Waals surface area (Å²) in [6.45, 7) is 0. The molecule has 0 radical (unpaired) electrons. The highest BCUT2D eigenvalue weighted by atomic mass is 16.5. The molecule has 2 unspecified atom stereocenters. The van der Waals surface area contributed by atoms with Crippen LogP contribution >= 0.6 is 0 Å². The van der Waals surface area contributed by atoms with Crippen molar-refractivity contribution in [1.82, 2.24) is 5.32 Å². The minimum absolute atomic E-state index is 0.0639. The van der Waals surface area contributed by atoms with Gasteiger partial charge in [-0.25, -0.2) is 4.79 Å². The summed E-state index contributed by atoms with van der Waals surface area (Å²) in [6.07, 6.45) is 0.882. The highest BCUT2D eigenvalue weighted by molar-refractivity contribution is 6.32. The Morgan fingerprint density at radius 3 is 2.62 bits per heavy atom. The molecule has 0 heterocycles. The van der Waals surface area contributed by atoms with Gasteiger partial charge in [0.2, 0.25) is 0 Å². The molecule has 1 aliphatic rings. The highest BCUT2D eigenvalue weighted by Gasteiger charge is 2.40. The third kappa shape index (κ3) is 2.21. The van der Waals surface area contributed by atoms with E-state index in [1.54, 1.807) is 0 Å². The standard InChI is InChI=1S/C12H13NO3/c1-16-12(15)11(14)13-10-7-9(10)8-5-3-2-4-6-8/h2-6,9-10H,7H2,1H3,(H,13,14). The van der Waals surface area contributed by atoms with Gasteiger partial charge in [0.25, 0.3) is 0 Å². The SMILES string of the molecule is COC(=O)C(=O)NC1CC1c1ccccc1. The molecule has 1 aromatic carbocycles. The Balaban J connectivity index is 1.89. The van der Waals surface area contributed by atoms with E-state index in [0.29, 0.717) is 5.92 Å². The quantitative estimate of drug-likeness (QED) is 0.592. The van der Waals surface area contributed by atoms with Crippen molar-refractivity contribution < 1.29 is 14.3 Å². The van der Waals surface area contributed by atoms with E-state index in [4.69, 9.17) is 0 Å². The van der Waals surface area contributed by atoms with E-state index in [1.165, 1.54) is 12.7 Å². The van der Waals surface area contributed by atoms with Crippen molar-refractivity contribution in [3.05, 3.63) is 35.9 Å². The van der Waals surface area contributed by atoms with Crippen LogP contribution in [0.2, 0.25) is 0 Å². The average Bonchev–Trinajstić information content (AvgIpc) is 3.08. The Morgan fingerprint density at radius 1 is 1.31 bits per heavy atom. The summed E-state index contributed by atoms with van der Waals surface area (Å²) in [7, 11) is 1.20. The Kier molecular flexibility index (Phi) is 2.90. The number of benzene rings is 1. The molecule has 1 aromatic rings. The van der Waals surface area contributed by atoms with Crippen LogP contribution in [0.5, 0.6) is 0 Å². The summed E-state index contributed by atoms with van der Waals surface area (Å²) in [4.78, 5) is 22.1. The lowest BCUT2D eigenvalue weighted by molar-refractivity contribution is -0.152. The lowest BCUT2D eigenvalue weighted by Gasteiger charge is -2.02. The van der Waals surface area contributed by atoms with Gasteiger partial charge in [0.15, 0.2) is 0 Å². The smallest absolute Gasteiger partial charge is 0.396 e. The number of amides is 1. The fraction of sp³-hybridized carbons (Fsp3) is 0.333. The van der Waals surface area contributed by atoms with Crippen LogP contribution < -0.4 is 5.32 Å². The van der Waals surface area contributed by atoms with E-state index in [1.807, 2.05) is 30.3 Å². The van der Waals surface area contributed by atoms with E-state index in [0.717, 1.165) is 6.42 Å². The van der Waals surface area contributed by atoms with Crippen molar-refractivity contribution in [2.45, 2.75) is 18.4 Å². The van der Waals surface area contributed by atoms with Crippen molar-refractivity contribution in [3.8, 4) is 0 Å². The number of hydrogen-bond acceptors (Lipinski definition) is 3. The van der Waals surface area contributed by atoms with Crippen LogP contribution in [-0.4, -0.2) is 25.0 Å². The zero-order valence-electron chi connectivity index (χ0n) is 8.97. The monoisotopic (exact) mass is 219 g/mol. The fourth-order valence-electron chi connectivity index (χ4n) is 1.74. The molecule has 0 bridgehead atoms. The van der Waals surface area contributed by atoms with Crippen LogP contribution in [0.25, 0.3) is 0 Å². The van der Waals surface area contributed by atoms with E-state index >= 15 is 0 Å². The second-order valence-corrected chi connectivity index (χ2v) is 3.82. The number of rotatable bonds is 2. The van der Waals surface area contributed by atoms with Crippen molar-refractivity contribution in [1.29, 1.82) is 0 Å². The van der Waals surface area contributed by atoms with E-state index in [9.17, 15) is 9.59 Å². The van der Waals surface area contributed by atoms with Crippen molar-refractivity contribution >= 4 is 11.9 Å². The van der Waals surface area contributed by atoms with Gasteiger partial charge in [-0.15, -0.1) is 0 Å². The molecular weight excluding hydrogens is 206 g/mol. The molecule has 1 aliphatic carbocycles. The first kappa shape index (κ1) is 10.7. The average molecular weight is 219 g/mol. The molecule has 1 N–H and O–H groups in total. The lowest BCUT2D eigenvalue weighted by Crippen LogP contribution is -2.34. The predicted molar refractivity (Wildman–Crippen MR) is 57.7 cm³/mol. The molecule has 1 amide bonds. The molecule has 4 heteroatoms. The van der Waals surface area contributed by atoms with Crippen LogP contribution in [0.1, 0.15) is 17.9 Å². The van der Waals surface area contributed by atoms with Gasteiger partial charge >= 0.3 is 11.9 Å². The second kappa shape index (κ2) is 4.35. The molecule has 2 rings (SSSR count). The fourth-order valence-corrected chi connectivity index (χ4v) is 1.74. The van der Waals surface area contributed by atoms with E-state index in [2.05, 4.69) is 10.1 Å². The van der Waals surface area contributed by atoms with E-state index < -0.39 is 11.9 Å². The van der Waals surface area contributed by atoms with Crippen molar-refractivity contribution in [2.75, 3.05) is 7.11 Å². The molecule has 4 nitrogen and oxygen atoms in total. The minimum Gasteiger partial charge on any atom is -0.462 e. The van der Waals surface area contributed by atoms with E-state index in [-0.39, 0.29) is 6.04 Å². The number of nitrogens with one attached hydrogen (secondary N) is 1. The van der Waals surface area contributed by atoms with Gasteiger partial charge in [0, 0.05) is 12.0 Å². The Bertz CT molecular complexity index is 402. The Hall–Kier alpha value is -1.84. The first-order valence-corrected chi connectivity index (χ1v) is 5.16. The zero-order valence-corrected chi connectivity index (χ0v) is 8.97. The van der Waals surface area contributed by atoms with Crippen LogP contribution in [-0.2, 0) is 14.3 Å². The van der Waals surface area contributed by atoms with Gasteiger partial charge in [0.1, 0.15) is 0 Å². The lowest BCUT2D eigenvalue weighted by atomic mass is 10.1. The summed E-state index contributed by atoms with van der Waals surface area (Å²) in [5.74, 6) is -1.17. The number of carbonyl (C=O) groups excluding carboxylic acids is 2. The third-order valence-electron chi connectivity index (χ3n) is 2.71. The third-order valence-corrected chi connectivity index (χ3v) is 2.71. The van der Waals surface area contributed by atoms with Gasteiger partial charge in [-0.3, -0.25) is 4.79 Å². The van der Waals surface area contributed by atoms with Gasteiger partial charge in [-0.1, -0.05) is 30.3 Å². The molecule has 0 spiro atoms. The topological polar surface area (TPSA) is 55.4 Å². The molecule has 1 fully saturated rings. The molecule has 84 valence electrons. The Labute approximate surface area is 93.6 Å². The molecular formula is C12H13NO3. The van der Waals surface area contributed by atoms with Crippen molar-refractivity contribution in [2.24, 2.45) is 0 Å². The first-order valence-electron chi connectivity index (χ1n) is 5.16. The summed E-state index contributed by atoms with van der Waals surface area (Å²) < 4.78 is 4.33. The number of carbonyl (C=O) groups is 2. The van der Waals surface area contributed by atoms with Gasteiger partial charge in [-0.2, -0.15) is 0 Å². The first-order chi connectivity index (χ1) is 7.72. The van der Waals surface area contributed by atoms with Crippen LogP contribution in [0, 0.1) is 0 Å². The summed E-state index contributed by atoms with van der Waals surface area (Å²) in [6, 6.07) is 9.99. The highest BCUT2D eigenvalue weighted by Crippen LogP contribution is 2.40. The van der Waals surface area contributed by atoms with Gasteiger partial charge in [0.05, 0.1) is 7.11 Å². The number of methoxy groups -OCH3 is 1. The molecule has 0 aromatic heterocycles. The van der Waals surface area contributed by atoms with Crippen LogP contribution in [0.15, 0.2) is 30.3 Å². The number of hydrogen-bond donors (Lipinski definition) is 1. The molecule has 0 saturated heterocycles. The summed E-state index contributed by atoms with van der Waals surface area (Å²) >= 11 is 0. The zero-order chi connectivity index (χ0) is 11.5. The predicted octanol–water partition coefficient (Wildman–Crippen LogP) is 0.832. The molecule has 2 atom stereocenters. The summed E-state index contributed by atoms with van der Waals surface area (Å²) in [5, 5.41) is 2.64. The maximum atomic E-state index is 11.2. The maximum absolute atomic E-state index is 11.2. The van der Waals surface area contributed by atoms with Crippen molar-refractivity contribution in [3.63, 3.8) is 0 Å². The number of esters is 1. The van der Waals surface area contributed by atoms with Gasteiger partial charge in [-0.05, 0) is 12.0 Å². The summed E-state index contributed by atoms with van der Waals surface area (Å²) in [5.41, 5.74) is 1.19. The minimum atomic E-state index is -0.835. The number of ether oxygens (including phenoxy) is 1. The normalized spacial score (nSPS) is 22.3. The second-order valence-electron chi connectivity index (χ2n) is 3.82. The molecule has 1 saturated carbocycles. The largest absolute Gasteiger partial charge is 0.462 e. The maximum Gasteiger partial charge on any atom is 0.396 e. The molecule has 16 heavy (non-hydrogen) atoms. The van der Waals surface area contributed by atoms with Crippen LogP contribution in [0.4, 0.5) is 0 Å². The van der Waals surface area contributed by atoms with Crippen LogP contribution in [0.3, 0.4) is 0 Å². The van der Waals surface area contributed by atoms with Gasteiger partial charge < -0.3 is 10.1 Å². The Morgan fingerprint density at radius 2 is 2.00 bits per heavy atom. The molecule has 0 aliphatic heterocycles.